The minimum atomic E-state index is 0.00556. The van der Waals surface area contributed by atoms with Crippen molar-refractivity contribution in [2.75, 3.05) is 6.54 Å². The van der Waals surface area contributed by atoms with Crippen LogP contribution >= 0.6 is 0 Å². The number of hydrogen-bond acceptors (Lipinski definition) is 2. The smallest absolute Gasteiger partial charge is 0.0275 e. The van der Waals surface area contributed by atoms with Crippen molar-refractivity contribution in [3.05, 3.63) is 0 Å². The van der Waals surface area contributed by atoms with Crippen molar-refractivity contribution in [1.29, 1.82) is 0 Å². The summed E-state index contributed by atoms with van der Waals surface area (Å²) in [4.78, 5) is 0. The summed E-state index contributed by atoms with van der Waals surface area (Å²) in [7, 11) is 0. The molecular weight excluding hydrogens is 172 g/mol. The van der Waals surface area contributed by atoms with Crippen LogP contribution in [0.15, 0.2) is 0 Å². The summed E-state index contributed by atoms with van der Waals surface area (Å²) in [6.07, 6.45) is 7.50. The van der Waals surface area contributed by atoms with Gasteiger partial charge in [0.2, 0.25) is 0 Å². The standard InChI is InChI=1S/C12H26N2/c1-4-12(13,5-2)10-14-11(3)8-6-7-9-11/h14H,4-10,13H2,1-3H3. The normalized spacial score (nSPS) is 21.4. The largest absolute Gasteiger partial charge is 0.324 e. The molecule has 1 rings (SSSR count). The second kappa shape index (κ2) is 4.63. The third kappa shape index (κ3) is 2.96. The maximum Gasteiger partial charge on any atom is 0.0275 e. The number of nitrogens with one attached hydrogen (secondary N) is 1. The van der Waals surface area contributed by atoms with Gasteiger partial charge in [-0.05, 0) is 32.6 Å². The van der Waals surface area contributed by atoms with Gasteiger partial charge in [0.25, 0.3) is 0 Å². The van der Waals surface area contributed by atoms with Crippen LogP contribution in [0.25, 0.3) is 0 Å². The van der Waals surface area contributed by atoms with Gasteiger partial charge >= 0.3 is 0 Å². The molecule has 1 fully saturated rings. The van der Waals surface area contributed by atoms with Crippen molar-refractivity contribution in [1.82, 2.24) is 5.32 Å². The Morgan fingerprint density at radius 3 is 2.14 bits per heavy atom. The minimum Gasteiger partial charge on any atom is -0.324 e. The monoisotopic (exact) mass is 198 g/mol. The fourth-order valence-electron chi connectivity index (χ4n) is 2.22. The molecule has 0 aromatic carbocycles. The molecule has 0 heterocycles. The zero-order valence-corrected chi connectivity index (χ0v) is 10.0. The van der Waals surface area contributed by atoms with Crippen LogP contribution in [0.4, 0.5) is 0 Å². The minimum absolute atomic E-state index is 0.00556. The third-order valence-electron chi connectivity index (χ3n) is 3.98. The topological polar surface area (TPSA) is 38.0 Å². The predicted molar refractivity (Wildman–Crippen MR) is 62.4 cm³/mol. The van der Waals surface area contributed by atoms with Crippen molar-refractivity contribution in [3.63, 3.8) is 0 Å². The number of rotatable bonds is 5. The van der Waals surface area contributed by atoms with Crippen LogP contribution in [0.3, 0.4) is 0 Å². The van der Waals surface area contributed by atoms with Crippen LogP contribution in [0.1, 0.15) is 59.3 Å². The van der Waals surface area contributed by atoms with Gasteiger partial charge in [0, 0.05) is 17.6 Å². The van der Waals surface area contributed by atoms with Gasteiger partial charge in [0.1, 0.15) is 0 Å². The highest BCUT2D eigenvalue weighted by molar-refractivity contribution is 4.93. The molecule has 1 aliphatic rings. The van der Waals surface area contributed by atoms with E-state index >= 15 is 0 Å². The summed E-state index contributed by atoms with van der Waals surface area (Å²) in [6.45, 7) is 7.67. The van der Waals surface area contributed by atoms with E-state index in [1.165, 1.54) is 25.7 Å². The van der Waals surface area contributed by atoms with Crippen LogP contribution < -0.4 is 11.1 Å². The quantitative estimate of drug-likeness (QED) is 0.712. The molecule has 0 aromatic heterocycles. The number of nitrogens with two attached hydrogens (primary N) is 1. The highest BCUT2D eigenvalue weighted by atomic mass is 15.0. The first-order chi connectivity index (χ1) is 6.54. The molecule has 84 valence electrons. The van der Waals surface area contributed by atoms with Gasteiger partial charge in [-0.1, -0.05) is 26.7 Å². The zero-order valence-electron chi connectivity index (χ0n) is 10.0. The molecule has 1 aliphatic carbocycles. The summed E-state index contributed by atoms with van der Waals surface area (Å²) in [5.41, 5.74) is 6.65. The van der Waals surface area contributed by atoms with E-state index in [2.05, 4.69) is 26.1 Å². The summed E-state index contributed by atoms with van der Waals surface area (Å²) >= 11 is 0. The van der Waals surface area contributed by atoms with Crippen molar-refractivity contribution >= 4 is 0 Å². The number of hydrogen-bond donors (Lipinski definition) is 2. The van der Waals surface area contributed by atoms with Crippen LogP contribution in [0.2, 0.25) is 0 Å². The second-order valence-corrected chi connectivity index (χ2v) is 5.19. The van der Waals surface area contributed by atoms with Crippen molar-refractivity contribution < 1.29 is 0 Å². The summed E-state index contributed by atoms with van der Waals surface area (Å²) in [5, 5.41) is 3.68. The Morgan fingerprint density at radius 1 is 1.21 bits per heavy atom. The molecule has 2 nitrogen and oxygen atoms in total. The Bertz CT molecular complexity index is 163. The zero-order chi connectivity index (χ0) is 10.7. The first kappa shape index (κ1) is 12.0. The first-order valence-electron chi connectivity index (χ1n) is 6.07. The Labute approximate surface area is 88.6 Å². The van der Waals surface area contributed by atoms with Gasteiger partial charge in [0.05, 0.1) is 0 Å². The Morgan fingerprint density at radius 2 is 1.71 bits per heavy atom. The van der Waals surface area contributed by atoms with E-state index in [4.69, 9.17) is 5.73 Å². The molecule has 0 unspecified atom stereocenters. The van der Waals surface area contributed by atoms with E-state index < -0.39 is 0 Å². The third-order valence-corrected chi connectivity index (χ3v) is 3.98. The van der Waals surface area contributed by atoms with Crippen molar-refractivity contribution in [2.45, 2.75) is 70.4 Å². The lowest BCUT2D eigenvalue weighted by Gasteiger charge is -2.33. The molecule has 0 saturated heterocycles. The molecule has 0 aromatic rings. The van der Waals surface area contributed by atoms with Crippen LogP contribution in [0.5, 0.6) is 0 Å². The van der Waals surface area contributed by atoms with Crippen LogP contribution in [-0.4, -0.2) is 17.6 Å². The van der Waals surface area contributed by atoms with Gasteiger partial charge in [-0.2, -0.15) is 0 Å². The Kier molecular flexibility index (Phi) is 3.96. The van der Waals surface area contributed by atoms with Gasteiger partial charge < -0.3 is 11.1 Å². The van der Waals surface area contributed by atoms with Gasteiger partial charge in [-0.15, -0.1) is 0 Å². The van der Waals surface area contributed by atoms with Crippen LogP contribution in [-0.2, 0) is 0 Å². The molecular formula is C12H26N2. The average molecular weight is 198 g/mol. The molecule has 14 heavy (non-hydrogen) atoms. The second-order valence-electron chi connectivity index (χ2n) is 5.19. The SMILES string of the molecule is CCC(N)(CC)CNC1(C)CCCC1. The fraction of sp³-hybridized carbons (Fsp3) is 1.00. The average Bonchev–Trinajstić information content (AvgIpc) is 2.63. The van der Waals surface area contributed by atoms with E-state index in [9.17, 15) is 0 Å². The summed E-state index contributed by atoms with van der Waals surface area (Å²) < 4.78 is 0. The molecule has 0 radical (unpaired) electrons. The molecule has 0 aliphatic heterocycles. The molecule has 0 atom stereocenters. The van der Waals surface area contributed by atoms with E-state index in [0.29, 0.717) is 5.54 Å². The molecule has 0 spiro atoms. The molecule has 0 bridgehead atoms. The fourth-order valence-corrected chi connectivity index (χ4v) is 2.22. The molecule has 1 saturated carbocycles. The van der Waals surface area contributed by atoms with E-state index in [0.717, 1.165) is 19.4 Å². The Balaban J connectivity index is 2.38. The lowest BCUT2D eigenvalue weighted by Crippen LogP contribution is -2.53. The maximum atomic E-state index is 6.27. The van der Waals surface area contributed by atoms with Crippen molar-refractivity contribution in [3.8, 4) is 0 Å². The Hall–Kier alpha value is -0.0800. The highest BCUT2D eigenvalue weighted by Crippen LogP contribution is 2.29. The maximum absolute atomic E-state index is 6.27. The molecule has 2 heteroatoms. The van der Waals surface area contributed by atoms with Gasteiger partial charge in [-0.25, -0.2) is 0 Å². The van der Waals surface area contributed by atoms with Crippen molar-refractivity contribution in [2.24, 2.45) is 5.73 Å². The highest BCUT2D eigenvalue weighted by Gasteiger charge is 2.30. The summed E-state index contributed by atoms with van der Waals surface area (Å²) in [6, 6.07) is 0. The van der Waals surface area contributed by atoms with Crippen LogP contribution in [0, 0.1) is 0 Å². The predicted octanol–water partition coefficient (Wildman–Crippen LogP) is 2.43. The lowest BCUT2D eigenvalue weighted by atomic mass is 9.91. The van der Waals surface area contributed by atoms with E-state index in [1.54, 1.807) is 0 Å². The van der Waals surface area contributed by atoms with E-state index in [1.807, 2.05) is 0 Å². The first-order valence-corrected chi connectivity index (χ1v) is 6.07. The lowest BCUT2D eigenvalue weighted by molar-refractivity contribution is 0.290. The van der Waals surface area contributed by atoms with Gasteiger partial charge in [0.15, 0.2) is 0 Å². The van der Waals surface area contributed by atoms with Gasteiger partial charge in [-0.3, -0.25) is 0 Å². The molecule has 0 amide bonds. The van der Waals surface area contributed by atoms with E-state index in [-0.39, 0.29) is 5.54 Å². The summed E-state index contributed by atoms with van der Waals surface area (Å²) in [5.74, 6) is 0. The molecule has 3 N–H and O–H groups in total.